The van der Waals surface area contributed by atoms with Crippen molar-refractivity contribution in [3.8, 4) is 0 Å². The van der Waals surface area contributed by atoms with E-state index in [0.717, 1.165) is 11.6 Å². The van der Waals surface area contributed by atoms with Gasteiger partial charge in [-0.3, -0.25) is 33.6 Å². The van der Waals surface area contributed by atoms with Gasteiger partial charge < -0.3 is 36.6 Å². The topological polar surface area (TPSA) is 203 Å². The number of hydrogen-bond acceptors (Lipinski definition) is 8. The van der Waals surface area contributed by atoms with Crippen LogP contribution in [0.5, 0.6) is 0 Å². The third kappa shape index (κ3) is 17.7. The van der Waals surface area contributed by atoms with Crippen molar-refractivity contribution in [3.05, 3.63) is 48.0 Å². The van der Waals surface area contributed by atoms with E-state index in [2.05, 4.69) is 26.6 Å². The highest BCUT2D eigenvalue weighted by atomic mass is 16.3. The number of rotatable bonds is 20. The Morgan fingerprint density at radius 2 is 1.47 bits per heavy atom. The Labute approximate surface area is 251 Å². The van der Waals surface area contributed by atoms with E-state index in [4.69, 9.17) is 0 Å². The van der Waals surface area contributed by atoms with Crippen LogP contribution < -0.4 is 26.6 Å². The molecular formula is C29H42N6O8. The smallest absolute Gasteiger partial charge is 0.246 e. The van der Waals surface area contributed by atoms with Gasteiger partial charge in [-0.25, -0.2) is 0 Å². The van der Waals surface area contributed by atoms with Gasteiger partial charge >= 0.3 is 0 Å². The summed E-state index contributed by atoms with van der Waals surface area (Å²) in [6.07, 6.45) is 4.31. The summed E-state index contributed by atoms with van der Waals surface area (Å²) in [5.41, 5.74) is 0.764. The molecule has 0 radical (unpaired) electrons. The van der Waals surface area contributed by atoms with Crippen molar-refractivity contribution < 1.29 is 38.7 Å². The molecule has 0 spiro atoms. The number of amides is 6. The second-order valence-corrected chi connectivity index (χ2v) is 9.80. The molecule has 1 aromatic rings. The molecule has 0 heterocycles. The number of carbonyl (C=O) groups excluding carboxylic acids is 7. The molecule has 43 heavy (non-hydrogen) atoms. The predicted molar refractivity (Wildman–Crippen MR) is 157 cm³/mol. The average Bonchev–Trinajstić information content (AvgIpc) is 2.99. The maximum atomic E-state index is 12.7. The summed E-state index contributed by atoms with van der Waals surface area (Å²) in [5, 5.41) is 21.6. The molecule has 0 saturated carbocycles. The van der Waals surface area contributed by atoms with Crippen molar-refractivity contribution in [1.29, 1.82) is 0 Å². The fraction of sp³-hybridized carbons (Fsp3) is 0.483. The van der Waals surface area contributed by atoms with E-state index < -0.39 is 42.3 Å². The lowest BCUT2D eigenvalue weighted by atomic mass is 10.1. The second-order valence-electron chi connectivity index (χ2n) is 9.80. The molecule has 0 fully saturated rings. The van der Waals surface area contributed by atoms with Crippen molar-refractivity contribution in [1.82, 2.24) is 31.5 Å². The minimum atomic E-state index is -1.03. The van der Waals surface area contributed by atoms with Gasteiger partial charge in [0.25, 0.3) is 0 Å². The van der Waals surface area contributed by atoms with E-state index in [1.54, 1.807) is 37.4 Å². The molecular weight excluding hydrogens is 560 g/mol. The van der Waals surface area contributed by atoms with Crippen LogP contribution in [0.1, 0.15) is 38.2 Å². The number of aldehydes is 1. The molecule has 0 saturated heterocycles. The predicted octanol–water partition coefficient (Wildman–Crippen LogP) is -1.67. The quantitative estimate of drug-likeness (QED) is 0.0577. The van der Waals surface area contributed by atoms with Gasteiger partial charge in [0.2, 0.25) is 35.4 Å². The van der Waals surface area contributed by atoms with Crippen LogP contribution in [0.4, 0.5) is 0 Å². The minimum Gasteiger partial charge on any atom is -0.392 e. The minimum absolute atomic E-state index is 0.0309. The first-order valence-electron chi connectivity index (χ1n) is 14.0. The number of likely N-dealkylation sites (N-methyl/N-ethyl adjacent to an activating group) is 1. The summed E-state index contributed by atoms with van der Waals surface area (Å²) in [6, 6.07) is 7.90. The number of hydrogen-bond donors (Lipinski definition) is 6. The van der Waals surface area contributed by atoms with E-state index in [-0.39, 0.29) is 44.3 Å². The first-order chi connectivity index (χ1) is 20.5. The van der Waals surface area contributed by atoms with E-state index in [1.165, 1.54) is 17.9 Å². The number of aliphatic hydroxyl groups excluding tert-OH is 1. The van der Waals surface area contributed by atoms with Crippen LogP contribution in [0.25, 0.3) is 0 Å². The molecule has 0 aliphatic carbocycles. The Bertz CT molecular complexity index is 1110. The van der Waals surface area contributed by atoms with Gasteiger partial charge in [0.1, 0.15) is 12.3 Å². The molecule has 236 valence electrons. The molecule has 14 nitrogen and oxygen atoms in total. The van der Waals surface area contributed by atoms with Crippen molar-refractivity contribution in [2.24, 2.45) is 0 Å². The van der Waals surface area contributed by atoms with Crippen LogP contribution in [0.15, 0.2) is 42.5 Å². The fourth-order valence-corrected chi connectivity index (χ4v) is 3.60. The standard InChI is InChI=1S/C29H42N6O8/c1-21(37)17-30-26(40)19-33-29(43)23(16-22-10-5-3-6-11-22)34-27(41)20-32-25(39)18-31-24(38)12-7-4-8-14-35(2)28(42)13-9-15-36/h3,5-6,9-11,13,15,21,23,37H,4,7-8,12,14,16-20H2,1-2H3,(H,30,40)(H,31,38)(H,32,39)(H,33,43)(H,34,41)/b13-9-/t21?,23-/m0/s1. The van der Waals surface area contributed by atoms with E-state index in [0.29, 0.717) is 32.1 Å². The maximum Gasteiger partial charge on any atom is 0.246 e. The van der Waals surface area contributed by atoms with Gasteiger partial charge in [-0.2, -0.15) is 0 Å². The molecule has 0 aliphatic heterocycles. The van der Waals surface area contributed by atoms with Gasteiger partial charge in [-0.1, -0.05) is 36.8 Å². The van der Waals surface area contributed by atoms with Crippen molar-refractivity contribution in [2.75, 3.05) is 39.8 Å². The first kappa shape index (κ1) is 36.4. The molecule has 0 bridgehead atoms. The zero-order valence-corrected chi connectivity index (χ0v) is 24.6. The number of aliphatic hydroxyl groups is 1. The van der Waals surface area contributed by atoms with E-state index in [9.17, 15) is 38.7 Å². The summed E-state index contributed by atoms with van der Waals surface area (Å²) in [7, 11) is 1.62. The Hall–Kier alpha value is -4.59. The lowest BCUT2D eigenvalue weighted by Gasteiger charge is -2.19. The van der Waals surface area contributed by atoms with Gasteiger partial charge in [0, 0.05) is 39.1 Å². The number of benzene rings is 1. The van der Waals surface area contributed by atoms with Crippen molar-refractivity contribution in [2.45, 2.75) is 51.2 Å². The van der Waals surface area contributed by atoms with E-state index in [1.807, 2.05) is 0 Å². The second kappa shape index (κ2) is 21.2. The summed E-state index contributed by atoms with van der Waals surface area (Å²) < 4.78 is 0. The summed E-state index contributed by atoms with van der Waals surface area (Å²) in [6.45, 7) is 0.897. The monoisotopic (exact) mass is 602 g/mol. The molecule has 6 N–H and O–H groups in total. The molecule has 0 aliphatic rings. The van der Waals surface area contributed by atoms with Gasteiger partial charge in [-0.05, 0) is 31.4 Å². The lowest BCUT2D eigenvalue weighted by molar-refractivity contribution is -0.131. The third-order valence-corrected chi connectivity index (χ3v) is 5.94. The fourth-order valence-electron chi connectivity index (χ4n) is 3.60. The number of unbranched alkanes of at least 4 members (excludes halogenated alkanes) is 2. The number of nitrogens with one attached hydrogen (secondary N) is 5. The van der Waals surface area contributed by atoms with Crippen molar-refractivity contribution in [3.63, 3.8) is 0 Å². The lowest BCUT2D eigenvalue weighted by Crippen LogP contribution is -2.52. The molecule has 1 rings (SSSR count). The van der Waals surface area contributed by atoms with E-state index >= 15 is 0 Å². The van der Waals surface area contributed by atoms with Crippen LogP contribution in [0.3, 0.4) is 0 Å². The van der Waals surface area contributed by atoms with Gasteiger partial charge in [0.15, 0.2) is 0 Å². The van der Waals surface area contributed by atoms with Crippen LogP contribution >= 0.6 is 0 Å². The third-order valence-electron chi connectivity index (χ3n) is 5.94. The van der Waals surface area contributed by atoms with Crippen LogP contribution in [0, 0.1) is 0 Å². The van der Waals surface area contributed by atoms with Crippen molar-refractivity contribution >= 4 is 41.7 Å². The average molecular weight is 603 g/mol. The summed E-state index contributed by atoms with van der Waals surface area (Å²) in [4.78, 5) is 84.7. The molecule has 6 amide bonds. The Morgan fingerprint density at radius 1 is 0.837 bits per heavy atom. The maximum absolute atomic E-state index is 12.7. The first-order valence-corrected chi connectivity index (χ1v) is 14.0. The largest absolute Gasteiger partial charge is 0.392 e. The van der Waals surface area contributed by atoms with Gasteiger partial charge in [-0.15, -0.1) is 0 Å². The summed E-state index contributed by atoms with van der Waals surface area (Å²) >= 11 is 0. The Balaban J connectivity index is 2.41. The molecule has 2 atom stereocenters. The summed E-state index contributed by atoms with van der Waals surface area (Å²) in [5.74, 6) is -2.96. The molecule has 0 aromatic heterocycles. The van der Waals surface area contributed by atoms with Crippen LogP contribution in [-0.2, 0) is 40.0 Å². The van der Waals surface area contributed by atoms with Crippen LogP contribution in [-0.4, -0.2) is 104 Å². The highest BCUT2D eigenvalue weighted by molar-refractivity contribution is 5.93. The Kier molecular flexibility index (Phi) is 17.9. The SMILES string of the molecule is CC(O)CNC(=O)CNC(=O)[C@H](Cc1ccccc1)NC(=O)CNC(=O)CNC(=O)CCCCCN(C)C(=O)/C=C\C=O. The highest BCUT2D eigenvalue weighted by Crippen LogP contribution is 2.04. The molecule has 1 unspecified atom stereocenters. The number of allylic oxidation sites excluding steroid dienone is 1. The van der Waals surface area contributed by atoms with Crippen LogP contribution in [0.2, 0.25) is 0 Å². The normalized spacial score (nSPS) is 12.0. The highest BCUT2D eigenvalue weighted by Gasteiger charge is 2.22. The van der Waals surface area contributed by atoms with Gasteiger partial charge in [0.05, 0.1) is 25.7 Å². The Morgan fingerprint density at radius 3 is 2.14 bits per heavy atom. The zero-order valence-electron chi connectivity index (χ0n) is 24.6. The number of nitrogens with zero attached hydrogens (tertiary/aromatic N) is 1. The molecule has 14 heteroatoms. The molecule has 1 aromatic carbocycles. The number of carbonyl (C=O) groups is 7. The zero-order chi connectivity index (χ0) is 32.0.